The summed E-state index contributed by atoms with van der Waals surface area (Å²) in [4.78, 5) is 6.14. The van der Waals surface area contributed by atoms with Gasteiger partial charge in [-0.25, -0.2) is 9.37 Å². The van der Waals surface area contributed by atoms with Crippen LogP contribution >= 0.6 is 0 Å². The molecular weight excluding hydrogens is 193 g/mol. The lowest BCUT2D eigenvalue weighted by atomic mass is 10.1. The highest BCUT2D eigenvalue weighted by Crippen LogP contribution is 2.12. The molecule has 84 valence electrons. The molecule has 1 unspecified atom stereocenters. The number of nitrogens with zero attached hydrogens (tertiary/aromatic N) is 2. The van der Waals surface area contributed by atoms with Crippen LogP contribution in [0.5, 0.6) is 0 Å². The fraction of sp³-hybridized carbons (Fsp3) is 0.545. The van der Waals surface area contributed by atoms with E-state index in [-0.39, 0.29) is 5.82 Å². The van der Waals surface area contributed by atoms with Crippen molar-refractivity contribution in [2.24, 2.45) is 11.7 Å². The van der Waals surface area contributed by atoms with E-state index in [4.69, 9.17) is 5.73 Å². The summed E-state index contributed by atoms with van der Waals surface area (Å²) in [6, 6.07) is 3.13. The van der Waals surface area contributed by atoms with Crippen molar-refractivity contribution in [3.63, 3.8) is 0 Å². The molecule has 0 aliphatic carbocycles. The van der Waals surface area contributed by atoms with Gasteiger partial charge in [-0.05, 0) is 31.5 Å². The Bertz CT molecular complexity index is 286. The lowest BCUT2D eigenvalue weighted by molar-refractivity contribution is 0.571. The first kappa shape index (κ1) is 11.9. The average Bonchev–Trinajstić information content (AvgIpc) is 2.27. The normalized spacial score (nSPS) is 12.5. The van der Waals surface area contributed by atoms with Crippen LogP contribution in [0.15, 0.2) is 18.3 Å². The molecule has 4 heteroatoms. The van der Waals surface area contributed by atoms with Crippen LogP contribution in [0.4, 0.5) is 10.2 Å². The number of rotatable bonds is 5. The Balaban J connectivity index is 2.69. The standard InChI is InChI=1S/C11H18FN3/c1-3-15(8-9(2)6-13)11-5-4-10(12)7-14-11/h4-5,7,9H,3,6,8,13H2,1-2H3. The van der Waals surface area contributed by atoms with Crippen LogP contribution in [0.25, 0.3) is 0 Å². The van der Waals surface area contributed by atoms with Crippen molar-refractivity contribution < 1.29 is 4.39 Å². The molecule has 0 saturated carbocycles. The molecule has 15 heavy (non-hydrogen) atoms. The largest absolute Gasteiger partial charge is 0.357 e. The van der Waals surface area contributed by atoms with Crippen LogP contribution in [-0.2, 0) is 0 Å². The van der Waals surface area contributed by atoms with E-state index in [1.165, 1.54) is 12.3 Å². The summed E-state index contributed by atoms with van der Waals surface area (Å²) in [5, 5.41) is 0. The van der Waals surface area contributed by atoms with Crippen molar-refractivity contribution in [1.29, 1.82) is 0 Å². The zero-order valence-electron chi connectivity index (χ0n) is 9.28. The number of hydrogen-bond donors (Lipinski definition) is 1. The second kappa shape index (κ2) is 5.66. The number of hydrogen-bond acceptors (Lipinski definition) is 3. The van der Waals surface area contributed by atoms with Gasteiger partial charge in [0.25, 0.3) is 0 Å². The molecule has 0 spiro atoms. The Hall–Kier alpha value is -1.16. The van der Waals surface area contributed by atoms with Crippen molar-refractivity contribution in [1.82, 2.24) is 4.98 Å². The third-order valence-corrected chi connectivity index (χ3v) is 2.35. The van der Waals surface area contributed by atoms with Crippen molar-refractivity contribution in [3.8, 4) is 0 Å². The molecule has 3 nitrogen and oxygen atoms in total. The Labute approximate surface area is 90.1 Å². The van der Waals surface area contributed by atoms with Gasteiger partial charge in [-0.1, -0.05) is 6.92 Å². The number of anilines is 1. The molecule has 0 aromatic carbocycles. The summed E-state index contributed by atoms with van der Waals surface area (Å²) in [5.74, 6) is 0.915. The molecule has 0 saturated heterocycles. The van der Waals surface area contributed by atoms with Crippen LogP contribution in [0.3, 0.4) is 0 Å². The summed E-state index contributed by atoms with van der Waals surface area (Å²) in [5.41, 5.74) is 5.57. The highest BCUT2D eigenvalue weighted by molar-refractivity contribution is 5.37. The van der Waals surface area contributed by atoms with Gasteiger partial charge in [0.15, 0.2) is 0 Å². The van der Waals surface area contributed by atoms with Crippen molar-refractivity contribution >= 4 is 5.82 Å². The van der Waals surface area contributed by atoms with E-state index in [1.54, 1.807) is 6.07 Å². The Morgan fingerprint density at radius 1 is 1.53 bits per heavy atom. The number of aromatic nitrogens is 1. The second-order valence-corrected chi connectivity index (χ2v) is 3.71. The third kappa shape index (κ3) is 3.47. The van der Waals surface area contributed by atoms with Crippen molar-refractivity contribution in [2.45, 2.75) is 13.8 Å². The number of halogens is 1. The van der Waals surface area contributed by atoms with Gasteiger partial charge < -0.3 is 10.6 Å². The lowest BCUT2D eigenvalue weighted by Crippen LogP contribution is -2.32. The molecule has 0 bridgehead atoms. The van der Waals surface area contributed by atoms with Crippen LogP contribution < -0.4 is 10.6 Å². The monoisotopic (exact) mass is 211 g/mol. The van der Waals surface area contributed by atoms with E-state index >= 15 is 0 Å². The first-order valence-electron chi connectivity index (χ1n) is 5.24. The van der Waals surface area contributed by atoms with E-state index in [0.29, 0.717) is 12.5 Å². The molecule has 0 fully saturated rings. The fourth-order valence-electron chi connectivity index (χ4n) is 1.39. The van der Waals surface area contributed by atoms with Gasteiger partial charge in [-0.3, -0.25) is 0 Å². The predicted octanol–water partition coefficient (Wildman–Crippen LogP) is 1.64. The van der Waals surface area contributed by atoms with Gasteiger partial charge in [-0.15, -0.1) is 0 Å². The molecule has 1 heterocycles. The quantitative estimate of drug-likeness (QED) is 0.805. The van der Waals surface area contributed by atoms with Gasteiger partial charge in [0.1, 0.15) is 11.6 Å². The molecule has 1 atom stereocenters. The summed E-state index contributed by atoms with van der Waals surface area (Å²) in [6.45, 7) is 6.49. The van der Waals surface area contributed by atoms with Gasteiger partial charge in [-0.2, -0.15) is 0 Å². The zero-order valence-corrected chi connectivity index (χ0v) is 9.28. The van der Waals surface area contributed by atoms with E-state index < -0.39 is 0 Å². The minimum atomic E-state index is -0.304. The predicted molar refractivity (Wildman–Crippen MR) is 60.3 cm³/mol. The average molecular weight is 211 g/mol. The second-order valence-electron chi connectivity index (χ2n) is 3.71. The van der Waals surface area contributed by atoms with E-state index in [9.17, 15) is 4.39 Å². The van der Waals surface area contributed by atoms with Gasteiger partial charge in [0, 0.05) is 13.1 Å². The molecule has 1 rings (SSSR count). The molecule has 0 aliphatic heterocycles. The summed E-state index contributed by atoms with van der Waals surface area (Å²) in [7, 11) is 0. The van der Waals surface area contributed by atoms with Gasteiger partial charge in [0.05, 0.1) is 6.20 Å². The van der Waals surface area contributed by atoms with Crippen LogP contribution in [0, 0.1) is 11.7 Å². The fourth-order valence-corrected chi connectivity index (χ4v) is 1.39. The maximum Gasteiger partial charge on any atom is 0.141 e. The summed E-state index contributed by atoms with van der Waals surface area (Å²) in [6.07, 6.45) is 1.24. The Morgan fingerprint density at radius 3 is 2.73 bits per heavy atom. The maximum absolute atomic E-state index is 12.7. The van der Waals surface area contributed by atoms with Crippen LogP contribution in [0.2, 0.25) is 0 Å². The molecule has 0 amide bonds. The van der Waals surface area contributed by atoms with E-state index in [2.05, 4.69) is 16.8 Å². The van der Waals surface area contributed by atoms with Crippen LogP contribution in [-0.4, -0.2) is 24.6 Å². The van der Waals surface area contributed by atoms with Crippen molar-refractivity contribution in [3.05, 3.63) is 24.1 Å². The highest BCUT2D eigenvalue weighted by Gasteiger charge is 2.09. The molecule has 1 aromatic rings. The first-order valence-corrected chi connectivity index (χ1v) is 5.24. The molecule has 2 N–H and O–H groups in total. The lowest BCUT2D eigenvalue weighted by Gasteiger charge is -2.24. The van der Waals surface area contributed by atoms with Crippen LogP contribution in [0.1, 0.15) is 13.8 Å². The van der Waals surface area contributed by atoms with E-state index in [0.717, 1.165) is 18.9 Å². The topological polar surface area (TPSA) is 42.1 Å². The SMILES string of the molecule is CCN(CC(C)CN)c1ccc(F)cn1. The first-order chi connectivity index (χ1) is 7.17. The summed E-state index contributed by atoms with van der Waals surface area (Å²) < 4.78 is 12.7. The minimum absolute atomic E-state index is 0.304. The number of pyridine rings is 1. The summed E-state index contributed by atoms with van der Waals surface area (Å²) >= 11 is 0. The van der Waals surface area contributed by atoms with Gasteiger partial charge >= 0.3 is 0 Å². The maximum atomic E-state index is 12.7. The Kier molecular flexibility index (Phi) is 4.49. The van der Waals surface area contributed by atoms with Gasteiger partial charge in [0.2, 0.25) is 0 Å². The molecule has 0 radical (unpaired) electrons. The Morgan fingerprint density at radius 2 is 2.27 bits per heavy atom. The molecule has 0 aliphatic rings. The van der Waals surface area contributed by atoms with E-state index in [1.807, 2.05) is 6.92 Å². The molecule has 1 aromatic heterocycles. The smallest absolute Gasteiger partial charge is 0.141 e. The highest BCUT2D eigenvalue weighted by atomic mass is 19.1. The zero-order chi connectivity index (χ0) is 11.3. The van der Waals surface area contributed by atoms with Crippen molar-refractivity contribution in [2.75, 3.05) is 24.5 Å². The third-order valence-electron chi connectivity index (χ3n) is 2.35. The molecular formula is C11H18FN3. The number of nitrogens with two attached hydrogens (primary N) is 1. The minimum Gasteiger partial charge on any atom is -0.357 e.